The summed E-state index contributed by atoms with van der Waals surface area (Å²) in [4.78, 5) is 20.6. The molecule has 5 nitrogen and oxygen atoms in total. The first kappa shape index (κ1) is 19.6. The fourth-order valence-electron chi connectivity index (χ4n) is 2.66. The van der Waals surface area contributed by atoms with Gasteiger partial charge in [-0.15, -0.1) is 0 Å². The molecule has 2 unspecified atom stereocenters. The highest BCUT2D eigenvalue weighted by Gasteiger charge is 2.35. The second kappa shape index (κ2) is 9.66. The van der Waals surface area contributed by atoms with Gasteiger partial charge >= 0.3 is 7.15 Å². The maximum Gasteiger partial charge on any atom is 0.472 e. The average Bonchev–Trinajstić information content (AvgIpc) is 2.92. The minimum Gasteiger partial charge on any atom is -0.353 e. The number of allylic oxidation sites excluding steroid dienone is 1. The lowest BCUT2D eigenvalue weighted by atomic mass is 10.2. The highest BCUT2D eigenvalue weighted by molar-refractivity contribution is 8.47. The van der Waals surface area contributed by atoms with E-state index in [-0.39, 0.29) is 18.9 Å². The maximum absolute atomic E-state index is 9.20. The quantitative estimate of drug-likeness (QED) is 0.395. The van der Waals surface area contributed by atoms with E-state index in [4.69, 9.17) is 9.26 Å². The summed E-state index contributed by atoms with van der Waals surface area (Å²) in [6.45, 7) is 3.17. The Morgan fingerprint density at radius 1 is 1.43 bits per heavy atom. The Labute approximate surface area is 148 Å². The zero-order valence-electron chi connectivity index (χ0n) is 13.5. The van der Waals surface area contributed by atoms with Crippen LogP contribution in [0.4, 0.5) is 0 Å². The zero-order valence-corrected chi connectivity index (χ0v) is 16.1. The Bertz CT molecular complexity index is 428. The van der Waals surface area contributed by atoms with Crippen molar-refractivity contribution < 1.29 is 19.0 Å². The van der Waals surface area contributed by atoms with Crippen LogP contribution in [0.5, 0.6) is 0 Å². The largest absolute Gasteiger partial charge is 0.472 e. The molecule has 0 amide bonds. The Kier molecular flexibility index (Phi) is 8.22. The molecule has 0 aromatic rings. The molecule has 8 heteroatoms. The van der Waals surface area contributed by atoms with E-state index in [1.54, 1.807) is 0 Å². The second-order valence-corrected chi connectivity index (χ2v) is 9.89. The summed E-state index contributed by atoms with van der Waals surface area (Å²) in [5.74, 6) is 2.25. The van der Waals surface area contributed by atoms with Gasteiger partial charge in [-0.05, 0) is 43.9 Å². The summed E-state index contributed by atoms with van der Waals surface area (Å²) < 4.78 is 11.0. The van der Waals surface area contributed by atoms with Gasteiger partial charge in [0.1, 0.15) is 12.8 Å². The Hall–Kier alpha value is 0.250. The van der Waals surface area contributed by atoms with Crippen LogP contribution in [-0.2, 0) is 9.26 Å². The lowest BCUT2D eigenvalue weighted by Crippen LogP contribution is -2.32. The second-order valence-electron chi connectivity index (χ2n) is 5.94. The molecule has 2 atom stereocenters. The molecule has 1 fully saturated rings. The van der Waals surface area contributed by atoms with Crippen molar-refractivity contribution in [2.24, 2.45) is 0 Å². The third-order valence-corrected chi connectivity index (χ3v) is 5.83. The summed E-state index contributed by atoms with van der Waals surface area (Å²) in [5.41, 5.74) is 1.35. The Balaban J connectivity index is 1.91. The number of ether oxygens (including phenoxy) is 1. The standard InChI is InChI=1S/C15H27NO4PS2/c1-13-10-16(8-4-2-3-5-9-23-12-13)15-7-6-14(20-15)11-19-21(17,18)22/h2,4,10,14-15,17-18,22H,3,5-9,11-12H2,1H3/q+1/b4-2+,13-10+. The van der Waals surface area contributed by atoms with Crippen LogP contribution < -0.4 is 0 Å². The molecule has 1 saturated heterocycles. The molecule has 2 aliphatic heterocycles. The summed E-state index contributed by atoms with van der Waals surface area (Å²) in [7, 11) is -3.48. The molecule has 23 heavy (non-hydrogen) atoms. The van der Waals surface area contributed by atoms with Gasteiger partial charge in [-0.3, -0.25) is 0 Å². The fraction of sp³-hybridized carbons (Fsp3) is 0.733. The minimum absolute atomic E-state index is 0.0130. The number of hydrogen-bond donors (Lipinski definition) is 3. The van der Waals surface area contributed by atoms with E-state index >= 15 is 0 Å². The van der Waals surface area contributed by atoms with Crippen molar-refractivity contribution in [3.05, 3.63) is 23.9 Å². The molecule has 0 bridgehead atoms. The molecule has 0 spiro atoms. The van der Waals surface area contributed by atoms with Crippen molar-refractivity contribution in [2.45, 2.75) is 44.9 Å². The molecule has 0 saturated carbocycles. The highest BCUT2D eigenvalue weighted by atomic mass is 32.7. The van der Waals surface area contributed by atoms with Crippen LogP contribution in [0.3, 0.4) is 0 Å². The molecule has 2 aliphatic rings. The number of hydrogen-bond acceptors (Lipinski definition) is 7. The molecule has 0 aliphatic carbocycles. The summed E-state index contributed by atoms with van der Waals surface area (Å²) in [5, 5.41) is 0. The van der Waals surface area contributed by atoms with Crippen molar-refractivity contribution in [2.75, 3.05) is 24.7 Å². The van der Waals surface area contributed by atoms with Gasteiger partial charge in [0, 0.05) is 18.5 Å². The molecule has 2 N–H and O–H groups in total. The van der Waals surface area contributed by atoms with E-state index in [1.807, 2.05) is 11.8 Å². The normalized spacial score (nSPS) is 31.3. The molecule has 132 valence electrons. The van der Waals surface area contributed by atoms with Crippen molar-refractivity contribution >= 4 is 31.2 Å². The summed E-state index contributed by atoms with van der Waals surface area (Å²) in [6, 6.07) is 0. The van der Waals surface area contributed by atoms with Crippen molar-refractivity contribution in [1.82, 2.24) is 4.90 Å². The van der Waals surface area contributed by atoms with Crippen LogP contribution in [0.1, 0.15) is 32.6 Å². The zero-order chi connectivity index (χ0) is 16.7. The van der Waals surface area contributed by atoms with Crippen LogP contribution in [0.2, 0.25) is 0 Å². The lowest BCUT2D eigenvalue weighted by Gasteiger charge is -2.27. The maximum atomic E-state index is 9.20. The van der Waals surface area contributed by atoms with Gasteiger partial charge < -0.3 is 9.64 Å². The van der Waals surface area contributed by atoms with E-state index in [1.165, 1.54) is 17.7 Å². The van der Waals surface area contributed by atoms with Gasteiger partial charge in [0.25, 0.3) is 0 Å². The minimum atomic E-state index is -3.48. The third-order valence-electron chi connectivity index (χ3n) is 3.75. The summed E-state index contributed by atoms with van der Waals surface area (Å²) >= 11 is 5.61. The van der Waals surface area contributed by atoms with Crippen molar-refractivity contribution in [1.29, 1.82) is 0 Å². The van der Waals surface area contributed by atoms with Gasteiger partial charge in [0.2, 0.25) is 0 Å². The van der Waals surface area contributed by atoms with Crippen LogP contribution >= 0.6 is 31.2 Å². The van der Waals surface area contributed by atoms with Gasteiger partial charge in [-0.2, -0.15) is 26.1 Å². The third kappa shape index (κ3) is 7.78. The highest BCUT2D eigenvalue weighted by Crippen LogP contribution is 2.56. The van der Waals surface area contributed by atoms with Crippen LogP contribution in [-0.4, -0.2) is 51.7 Å². The lowest BCUT2D eigenvalue weighted by molar-refractivity contribution is -0.0447. The first-order chi connectivity index (χ1) is 10.9. The molecule has 0 radical (unpaired) electrons. The van der Waals surface area contributed by atoms with Crippen molar-refractivity contribution in [3.63, 3.8) is 0 Å². The Morgan fingerprint density at radius 3 is 3.04 bits per heavy atom. The van der Waals surface area contributed by atoms with E-state index in [9.17, 15) is 9.79 Å². The molecule has 0 aromatic carbocycles. The van der Waals surface area contributed by atoms with Gasteiger partial charge in [0.15, 0.2) is 0 Å². The van der Waals surface area contributed by atoms with Crippen LogP contribution in [0.25, 0.3) is 0 Å². The van der Waals surface area contributed by atoms with E-state index in [2.05, 4.69) is 42.4 Å². The van der Waals surface area contributed by atoms with Crippen LogP contribution in [0, 0.1) is 0 Å². The summed E-state index contributed by atoms with van der Waals surface area (Å²) in [6.07, 6.45) is 10.7. The first-order valence-electron chi connectivity index (χ1n) is 7.97. The molecule has 2 rings (SSSR count). The predicted molar refractivity (Wildman–Crippen MR) is 100 cm³/mol. The molecular formula is C15H27NO4PS2+. The van der Waals surface area contributed by atoms with E-state index in [0.29, 0.717) is 0 Å². The van der Waals surface area contributed by atoms with Gasteiger partial charge in [0.05, 0.1) is 18.4 Å². The topological polar surface area (TPSA) is 62.2 Å². The predicted octanol–water partition coefficient (Wildman–Crippen LogP) is 3.39. The first-order valence-corrected chi connectivity index (χ1v) is 11.9. The monoisotopic (exact) mass is 380 g/mol. The van der Waals surface area contributed by atoms with E-state index < -0.39 is 7.15 Å². The van der Waals surface area contributed by atoms with Gasteiger partial charge in [-0.1, -0.05) is 12.2 Å². The van der Waals surface area contributed by atoms with E-state index in [0.717, 1.165) is 31.6 Å². The molecular weight excluding hydrogens is 353 g/mol. The molecule has 0 aromatic heterocycles. The fourth-order valence-corrected chi connectivity index (χ4v) is 4.14. The van der Waals surface area contributed by atoms with Crippen molar-refractivity contribution in [3.8, 4) is 0 Å². The smallest absolute Gasteiger partial charge is 0.353 e. The van der Waals surface area contributed by atoms with Gasteiger partial charge in [-0.25, -0.2) is 0 Å². The SMILES string of the molecule is C/C1=C\N(C2CCC(CO[P+](O)(O)S)O2)C/C=C/CCCSC1. The average molecular weight is 380 g/mol. The molecule has 2 heterocycles. The number of nitrogens with zero attached hydrogens (tertiary/aromatic N) is 1. The Morgan fingerprint density at radius 2 is 2.26 bits per heavy atom. The number of rotatable bonds is 4. The number of thioether (sulfide) groups is 1. The van der Waals surface area contributed by atoms with Crippen LogP contribution in [0.15, 0.2) is 23.9 Å². The number of thiol groups is 1.